The van der Waals surface area contributed by atoms with Crippen LogP contribution in [0.4, 0.5) is 4.39 Å². The standard InChI is InChI=1S/C18H17FN2O3/c19-16-9-5-4-8-14(16)15-10-18(22)20(12-17(15)21(23)24)11-13-6-2-1-3-7-13/h1-9,15,17H,10-12H2. The number of hydrogen-bond acceptors (Lipinski definition) is 3. The van der Waals surface area contributed by atoms with Gasteiger partial charge in [0.25, 0.3) is 0 Å². The topological polar surface area (TPSA) is 63.4 Å². The van der Waals surface area contributed by atoms with E-state index in [0.717, 1.165) is 5.56 Å². The molecule has 1 heterocycles. The first-order valence-corrected chi connectivity index (χ1v) is 7.76. The fraction of sp³-hybridized carbons (Fsp3) is 0.278. The maximum Gasteiger partial charge on any atom is 0.237 e. The van der Waals surface area contributed by atoms with E-state index < -0.39 is 22.7 Å². The van der Waals surface area contributed by atoms with Crippen molar-refractivity contribution in [3.05, 3.63) is 81.7 Å². The van der Waals surface area contributed by atoms with Gasteiger partial charge in [-0.15, -0.1) is 0 Å². The maximum atomic E-state index is 14.0. The van der Waals surface area contributed by atoms with Gasteiger partial charge in [-0.1, -0.05) is 48.5 Å². The van der Waals surface area contributed by atoms with Crippen molar-refractivity contribution in [2.75, 3.05) is 6.54 Å². The summed E-state index contributed by atoms with van der Waals surface area (Å²) >= 11 is 0. The Morgan fingerprint density at radius 1 is 1.12 bits per heavy atom. The molecule has 2 unspecified atom stereocenters. The summed E-state index contributed by atoms with van der Waals surface area (Å²) in [4.78, 5) is 25.0. The molecule has 0 aliphatic carbocycles. The van der Waals surface area contributed by atoms with Gasteiger partial charge >= 0.3 is 0 Å². The van der Waals surface area contributed by atoms with E-state index >= 15 is 0 Å². The first-order chi connectivity index (χ1) is 11.6. The van der Waals surface area contributed by atoms with Gasteiger partial charge in [-0.25, -0.2) is 4.39 Å². The Labute approximate surface area is 138 Å². The molecule has 124 valence electrons. The van der Waals surface area contributed by atoms with Crippen LogP contribution >= 0.6 is 0 Å². The smallest absolute Gasteiger partial charge is 0.237 e. The molecule has 1 saturated heterocycles. The predicted octanol–water partition coefficient (Wildman–Crippen LogP) is 2.99. The number of likely N-dealkylation sites (tertiary alicyclic amines) is 1. The Kier molecular flexibility index (Phi) is 4.55. The van der Waals surface area contributed by atoms with Crippen LogP contribution in [0.1, 0.15) is 23.5 Å². The first-order valence-electron chi connectivity index (χ1n) is 7.76. The maximum absolute atomic E-state index is 14.0. The molecular formula is C18H17FN2O3. The molecule has 5 nitrogen and oxygen atoms in total. The minimum absolute atomic E-state index is 0.0142. The van der Waals surface area contributed by atoms with Crippen LogP contribution in [-0.2, 0) is 11.3 Å². The third-order valence-electron chi connectivity index (χ3n) is 4.41. The second-order valence-corrected chi connectivity index (χ2v) is 5.94. The summed E-state index contributed by atoms with van der Waals surface area (Å²) in [5.74, 6) is -1.43. The van der Waals surface area contributed by atoms with Crippen LogP contribution in [-0.4, -0.2) is 28.3 Å². The Morgan fingerprint density at radius 2 is 1.79 bits per heavy atom. The van der Waals surface area contributed by atoms with Gasteiger partial charge in [0.1, 0.15) is 5.82 Å². The summed E-state index contributed by atoms with van der Waals surface area (Å²) in [6, 6.07) is 14.3. The van der Waals surface area contributed by atoms with Gasteiger partial charge in [0.2, 0.25) is 11.9 Å². The average Bonchev–Trinajstić information content (AvgIpc) is 2.57. The van der Waals surface area contributed by atoms with Crippen molar-refractivity contribution in [1.29, 1.82) is 0 Å². The van der Waals surface area contributed by atoms with E-state index in [0.29, 0.717) is 6.54 Å². The molecular weight excluding hydrogens is 311 g/mol. The SMILES string of the molecule is O=C1CC(c2ccccc2F)C([N+](=O)[O-])CN1Cc1ccccc1. The van der Waals surface area contributed by atoms with Crippen LogP contribution in [0.5, 0.6) is 0 Å². The summed E-state index contributed by atoms with van der Waals surface area (Å²) in [7, 11) is 0. The van der Waals surface area contributed by atoms with Crippen molar-refractivity contribution < 1.29 is 14.1 Å². The number of hydrogen-bond donors (Lipinski definition) is 0. The van der Waals surface area contributed by atoms with Crippen LogP contribution in [0.15, 0.2) is 54.6 Å². The number of rotatable bonds is 4. The lowest BCUT2D eigenvalue weighted by atomic mass is 9.84. The molecule has 0 spiro atoms. The molecule has 2 aromatic carbocycles. The van der Waals surface area contributed by atoms with Crippen molar-refractivity contribution in [1.82, 2.24) is 4.90 Å². The molecule has 0 saturated carbocycles. The van der Waals surface area contributed by atoms with Crippen molar-refractivity contribution >= 4 is 5.91 Å². The van der Waals surface area contributed by atoms with E-state index in [2.05, 4.69) is 0 Å². The van der Waals surface area contributed by atoms with Crippen LogP contribution < -0.4 is 0 Å². The molecule has 3 rings (SSSR count). The van der Waals surface area contributed by atoms with Crippen molar-refractivity contribution in [2.24, 2.45) is 0 Å². The first kappa shape index (κ1) is 16.1. The fourth-order valence-corrected chi connectivity index (χ4v) is 3.17. The molecule has 0 aromatic heterocycles. The third kappa shape index (κ3) is 3.27. The highest BCUT2D eigenvalue weighted by molar-refractivity contribution is 5.78. The third-order valence-corrected chi connectivity index (χ3v) is 4.41. The highest BCUT2D eigenvalue weighted by Gasteiger charge is 2.43. The number of nitro groups is 1. The molecule has 1 aliphatic rings. The van der Waals surface area contributed by atoms with E-state index in [1.54, 1.807) is 6.07 Å². The number of halogens is 1. The van der Waals surface area contributed by atoms with Crippen molar-refractivity contribution in [3.63, 3.8) is 0 Å². The largest absolute Gasteiger partial charge is 0.331 e. The molecule has 6 heteroatoms. The zero-order chi connectivity index (χ0) is 17.1. The summed E-state index contributed by atoms with van der Waals surface area (Å²) in [5.41, 5.74) is 1.16. The summed E-state index contributed by atoms with van der Waals surface area (Å²) in [6.07, 6.45) is -0.0561. The number of carbonyl (C=O) groups is 1. The zero-order valence-corrected chi connectivity index (χ0v) is 13.0. The summed E-state index contributed by atoms with van der Waals surface area (Å²) in [5, 5.41) is 11.5. The summed E-state index contributed by atoms with van der Waals surface area (Å²) < 4.78 is 14.0. The van der Waals surface area contributed by atoms with E-state index in [1.807, 2.05) is 30.3 Å². The lowest BCUT2D eigenvalue weighted by Gasteiger charge is -2.34. The highest BCUT2D eigenvalue weighted by Crippen LogP contribution is 2.32. The molecule has 2 atom stereocenters. The molecule has 1 fully saturated rings. The average molecular weight is 328 g/mol. The quantitative estimate of drug-likeness (QED) is 0.640. The van der Waals surface area contributed by atoms with Gasteiger partial charge < -0.3 is 4.90 Å². The van der Waals surface area contributed by atoms with Gasteiger partial charge in [0, 0.05) is 17.9 Å². The van der Waals surface area contributed by atoms with Gasteiger partial charge in [-0.05, 0) is 17.2 Å². The number of benzene rings is 2. The molecule has 0 bridgehead atoms. The second-order valence-electron chi connectivity index (χ2n) is 5.94. The van der Waals surface area contributed by atoms with Crippen LogP contribution in [0.3, 0.4) is 0 Å². The van der Waals surface area contributed by atoms with Crippen molar-refractivity contribution in [2.45, 2.75) is 24.9 Å². The lowest BCUT2D eigenvalue weighted by Crippen LogP contribution is -2.49. The van der Waals surface area contributed by atoms with E-state index in [4.69, 9.17) is 0 Å². The van der Waals surface area contributed by atoms with Gasteiger partial charge in [-0.2, -0.15) is 0 Å². The van der Waals surface area contributed by atoms with Crippen LogP contribution in [0, 0.1) is 15.9 Å². The minimum Gasteiger partial charge on any atom is -0.331 e. The normalized spacial score (nSPS) is 20.9. The molecule has 24 heavy (non-hydrogen) atoms. The molecule has 1 amide bonds. The zero-order valence-electron chi connectivity index (χ0n) is 13.0. The minimum atomic E-state index is -1.01. The predicted molar refractivity (Wildman–Crippen MR) is 86.4 cm³/mol. The number of nitrogens with zero attached hydrogens (tertiary/aromatic N) is 2. The number of amides is 1. The Balaban J connectivity index is 1.84. The summed E-state index contributed by atoms with van der Waals surface area (Å²) in [6.45, 7) is 0.313. The molecule has 0 radical (unpaired) electrons. The Morgan fingerprint density at radius 3 is 2.46 bits per heavy atom. The van der Waals surface area contributed by atoms with Crippen LogP contribution in [0.25, 0.3) is 0 Å². The van der Waals surface area contributed by atoms with Crippen molar-refractivity contribution in [3.8, 4) is 0 Å². The Bertz CT molecular complexity index is 751. The molecule has 1 aliphatic heterocycles. The van der Waals surface area contributed by atoms with E-state index in [9.17, 15) is 19.3 Å². The number of carbonyl (C=O) groups excluding carboxylic acids is 1. The Hall–Kier alpha value is -2.76. The van der Waals surface area contributed by atoms with Gasteiger partial charge in [-0.3, -0.25) is 14.9 Å². The van der Waals surface area contributed by atoms with E-state index in [-0.39, 0.29) is 24.4 Å². The fourth-order valence-electron chi connectivity index (χ4n) is 3.17. The lowest BCUT2D eigenvalue weighted by molar-refractivity contribution is -0.528. The molecule has 2 aromatic rings. The highest BCUT2D eigenvalue weighted by atomic mass is 19.1. The number of piperidine rings is 1. The second kappa shape index (κ2) is 6.78. The van der Waals surface area contributed by atoms with Gasteiger partial charge in [0.15, 0.2) is 0 Å². The monoisotopic (exact) mass is 328 g/mol. The van der Waals surface area contributed by atoms with Crippen LogP contribution in [0.2, 0.25) is 0 Å². The van der Waals surface area contributed by atoms with Gasteiger partial charge in [0.05, 0.1) is 12.5 Å². The molecule has 0 N–H and O–H groups in total. The van der Waals surface area contributed by atoms with E-state index in [1.165, 1.54) is 23.1 Å².